The third-order valence-corrected chi connectivity index (χ3v) is 11.6. The minimum Gasteiger partial charge on any atom is -0.461 e. The van der Waals surface area contributed by atoms with Gasteiger partial charge in [-0.2, -0.15) is 0 Å². The number of fused-ring (bicyclic) bond motifs is 5. The monoisotopic (exact) mass is 490 g/mol. The highest BCUT2D eigenvalue weighted by Gasteiger charge is 2.59. The van der Waals surface area contributed by atoms with E-state index in [0.717, 1.165) is 54.8 Å². The molecule has 2 nitrogen and oxygen atoms in total. The quantitative estimate of drug-likeness (QED) is 0.193. The molecule has 0 N–H and O–H groups in total. The molecule has 0 aromatic carbocycles. The minimum absolute atomic E-state index is 0.0209. The van der Waals surface area contributed by atoms with Crippen LogP contribution < -0.4 is 0 Å². The van der Waals surface area contributed by atoms with Gasteiger partial charge >= 0.3 is 5.97 Å². The highest BCUT2D eigenvalue weighted by atomic mass is 35.5. The first kappa shape index (κ1) is 26.6. The highest BCUT2D eigenvalue weighted by molar-refractivity contribution is 6.29. The standard InChI is InChI=1S/C31H51ClO2/c1-7-28(32)29(33)34-23-15-17-30(5)22(19-23)11-12-24-26-14-13-25(21(4)10-8-9-20(2)3)31(26,6)18-16-27(24)30/h11,20-21,23-28H,7-10,12-19H2,1-6H3/t21-,23+,24-,25+,26-,27-,28-,30+,31-/m1/s1. The Hall–Kier alpha value is -0.500. The Morgan fingerprint density at radius 1 is 1.09 bits per heavy atom. The van der Waals surface area contributed by atoms with Crippen molar-refractivity contribution in [3.05, 3.63) is 11.6 Å². The molecule has 4 rings (SSSR count). The maximum atomic E-state index is 12.3. The lowest BCUT2D eigenvalue weighted by Crippen LogP contribution is -2.51. The summed E-state index contributed by atoms with van der Waals surface area (Å²) in [4.78, 5) is 12.3. The zero-order valence-electron chi connectivity index (χ0n) is 22.9. The highest BCUT2D eigenvalue weighted by Crippen LogP contribution is 2.67. The third kappa shape index (κ3) is 4.88. The van der Waals surface area contributed by atoms with Crippen LogP contribution in [0.3, 0.4) is 0 Å². The molecule has 0 radical (unpaired) electrons. The predicted molar refractivity (Wildman–Crippen MR) is 143 cm³/mol. The molecule has 0 bridgehead atoms. The van der Waals surface area contributed by atoms with E-state index in [1.54, 1.807) is 5.57 Å². The fourth-order valence-corrected chi connectivity index (χ4v) is 9.21. The van der Waals surface area contributed by atoms with Crippen molar-refractivity contribution < 1.29 is 9.53 Å². The molecule has 3 saturated carbocycles. The van der Waals surface area contributed by atoms with Gasteiger partial charge in [0.1, 0.15) is 11.5 Å². The van der Waals surface area contributed by atoms with Gasteiger partial charge in [-0.3, -0.25) is 4.79 Å². The first-order chi connectivity index (χ1) is 16.1. The summed E-state index contributed by atoms with van der Waals surface area (Å²) < 4.78 is 5.83. The van der Waals surface area contributed by atoms with Gasteiger partial charge in [0, 0.05) is 6.42 Å². The summed E-state index contributed by atoms with van der Waals surface area (Å²) in [5.74, 6) is 4.96. The molecule has 3 heteroatoms. The number of ether oxygens (including phenoxy) is 1. The third-order valence-electron chi connectivity index (χ3n) is 11.2. The first-order valence-electron chi connectivity index (χ1n) is 14.6. The number of hydrogen-bond donors (Lipinski definition) is 0. The second kappa shape index (κ2) is 10.5. The lowest BCUT2D eigenvalue weighted by molar-refractivity contribution is -0.151. The van der Waals surface area contributed by atoms with Crippen LogP contribution in [-0.2, 0) is 9.53 Å². The van der Waals surface area contributed by atoms with Crippen molar-refractivity contribution >= 4 is 17.6 Å². The summed E-state index contributed by atoms with van der Waals surface area (Å²) in [5.41, 5.74) is 2.43. The Bertz CT molecular complexity index is 759. The number of rotatable bonds is 8. The molecule has 194 valence electrons. The number of hydrogen-bond acceptors (Lipinski definition) is 2. The second-order valence-electron chi connectivity index (χ2n) is 13.5. The maximum Gasteiger partial charge on any atom is 0.324 e. The van der Waals surface area contributed by atoms with Gasteiger partial charge in [-0.1, -0.05) is 72.5 Å². The zero-order valence-corrected chi connectivity index (χ0v) is 23.6. The van der Waals surface area contributed by atoms with Crippen LogP contribution >= 0.6 is 11.6 Å². The smallest absolute Gasteiger partial charge is 0.324 e. The van der Waals surface area contributed by atoms with Crippen LogP contribution in [0.25, 0.3) is 0 Å². The zero-order chi connectivity index (χ0) is 24.7. The van der Waals surface area contributed by atoms with E-state index >= 15 is 0 Å². The lowest BCUT2D eigenvalue weighted by atomic mass is 9.47. The molecule has 3 fully saturated rings. The summed E-state index contributed by atoms with van der Waals surface area (Å²) >= 11 is 6.14. The number of alkyl halides is 1. The van der Waals surface area contributed by atoms with Crippen molar-refractivity contribution in [3.63, 3.8) is 0 Å². The average molecular weight is 491 g/mol. The minimum atomic E-state index is -0.503. The number of esters is 1. The number of allylic oxidation sites excluding steroid dienone is 1. The number of carbonyl (C=O) groups is 1. The van der Waals surface area contributed by atoms with Crippen LogP contribution in [0.5, 0.6) is 0 Å². The lowest BCUT2D eigenvalue weighted by Gasteiger charge is -2.58. The van der Waals surface area contributed by atoms with Gasteiger partial charge in [0.05, 0.1) is 0 Å². The van der Waals surface area contributed by atoms with Crippen molar-refractivity contribution in [2.75, 3.05) is 0 Å². The van der Waals surface area contributed by atoms with Crippen LogP contribution in [-0.4, -0.2) is 17.5 Å². The van der Waals surface area contributed by atoms with E-state index in [2.05, 4.69) is 40.7 Å². The van der Waals surface area contributed by atoms with Crippen molar-refractivity contribution in [2.45, 2.75) is 130 Å². The Kier molecular flexibility index (Phi) is 8.18. The van der Waals surface area contributed by atoms with E-state index < -0.39 is 5.38 Å². The van der Waals surface area contributed by atoms with E-state index in [4.69, 9.17) is 16.3 Å². The van der Waals surface area contributed by atoms with Gasteiger partial charge < -0.3 is 4.74 Å². The normalized spacial score (nSPS) is 41.2. The molecule has 0 spiro atoms. The summed E-state index contributed by atoms with van der Waals surface area (Å²) in [5, 5.41) is -0.503. The molecule has 0 saturated heterocycles. The van der Waals surface area contributed by atoms with Crippen molar-refractivity contribution in [1.82, 2.24) is 0 Å². The van der Waals surface area contributed by atoms with Crippen molar-refractivity contribution in [2.24, 2.45) is 46.3 Å². The van der Waals surface area contributed by atoms with Gasteiger partial charge in [-0.05, 0) is 97.7 Å². The van der Waals surface area contributed by atoms with E-state index in [1.807, 2.05) is 6.92 Å². The number of carbonyl (C=O) groups excluding carboxylic acids is 1. The summed E-state index contributed by atoms with van der Waals surface area (Å²) in [6.07, 6.45) is 17.5. The molecule has 4 aliphatic rings. The van der Waals surface area contributed by atoms with Crippen LogP contribution in [0, 0.1) is 46.3 Å². The van der Waals surface area contributed by atoms with E-state index in [0.29, 0.717) is 17.3 Å². The predicted octanol–water partition coefficient (Wildman–Crippen LogP) is 8.96. The first-order valence-corrected chi connectivity index (χ1v) is 15.1. The molecule has 0 aromatic heterocycles. The van der Waals surface area contributed by atoms with Crippen molar-refractivity contribution in [3.8, 4) is 0 Å². The Morgan fingerprint density at radius 2 is 1.85 bits per heavy atom. The van der Waals surface area contributed by atoms with Crippen LogP contribution in [0.1, 0.15) is 119 Å². The molecule has 0 aromatic rings. The van der Waals surface area contributed by atoms with Crippen molar-refractivity contribution in [1.29, 1.82) is 0 Å². The number of halogens is 1. The van der Waals surface area contributed by atoms with Gasteiger partial charge in [-0.15, -0.1) is 11.6 Å². The van der Waals surface area contributed by atoms with Gasteiger partial charge in [0.25, 0.3) is 0 Å². The Morgan fingerprint density at radius 3 is 2.56 bits per heavy atom. The molecule has 4 aliphatic carbocycles. The Labute approximate surface area is 215 Å². The van der Waals surface area contributed by atoms with Gasteiger partial charge in [0.15, 0.2) is 0 Å². The SMILES string of the molecule is CC[C@@H](Cl)C(=O)O[C@H]1CC[C@@]2(C)C(=CC[C@@H]3[C@H]4CC[C@@H]([C@H](C)CCCC(C)C)[C@@]4(C)CC[C@H]32)C1. The van der Waals surface area contributed by atoms with Gasteiger partial charge in [0.2, 0.25) is 0 Å². The molecule has 0 aliphatic heterocycles. The summed E-state index contributed by atoms with van der Waals surface area (Å²) in [7, 11) is 0. The fraction of sp³-hybridized carbons (Fsp3) is 0.903. The van der Waals surface area contributed by atoms with Crippen LogP contribution in [0.2, 0.25) is 0 Å². The topological polar surface area (TPSA) is 26.3 Å². The maximum absolute atomic E-state index is 12.3. The summed E-state index contributed by atoms with van der Waals surface area (Å²) in [6, 6.07) is 0. The molecular weight excluding hydrogens is 440 g/mol. The van der Waals surface area contributed by atoms with Crippen LogP contribution in [0.15, 0.2) is 11.6 Å². The molecule has 0 heterocycles. The van der Waals surface area contributed by atoms with E-state index in [1.165, 1.54) is 51.4 Å². The average Bonchev–Trinajstić information content (AvgIpc) is 3.15. The van der Waals surface area contributed by atoms with Crippen LogP contribution in [0.4, 0.5) is 0 Å². The van der Waals surface area contributed by atoms with E-state index in [9.17, 15) is 4.79 Å². The molecule has 0 amide bonds. The molecule has 0 unspecified atom stereocenters. The summed E-state index contributed by atoms with van der Waals surface area (Å²) in [6.45, 7) is 14.5. The largest absolute Gasteiger partial charge is 0.461 e. The molecule has 9 atom stereocenters. The fourth-order valence-electron chi connectivity index (χ4n) is 9.16. The van der Waals surface area contributed by atoms with Gasteiger partial charge in [-0.25, -0.2) is 0 Å². The molecule has 34 heavy (non-hydrogen) atoms. The molecular formula is C31H51ClO2. The second-order valence-corrected chi connectivity index (χ2v) is 14.0. The Balaban J connectivity index is 1.43. The van der Waals surface area contributed by atoms with E-state index in [-0.39, 0.29) is 12.1 Å².